The average molecular weight is 558 g/mol. The molecule has 1 aromatic heterocycles. The van der Waals surface area contributed by atoms with Gasteiger partial charge in [-0.2, -0.15) is 13.2 Å². The third-order valence-electron chi connectivity index (χ3n) is 6.64. The van der Waals surface area contributed by atoms with Gasteiger partial charge in [0.1, 0.15) is 23.2 Å². The Kier molecular flexibility index (Phi) is 8.44. The van der Waals surface area contributed by atoms with Gasteiger partial charge in [-0.3, -0.25) is 4.79 Å². The van der Waals surface area contributed by atoms with Crippen molar-refractivity contribution in [3.8, 4) is 11.1 Å². The summed E-state index contributed by atoms with van der Waals surface area (Å²) in [6, 6.07) is 14.1. The smallest absolute Gasteiger partial charge is 0.416 e. The molecular formula is C31H28F5NO3. The van der Waals surface area contributed by atoms with E-state index in [-0.39, 0.29) is 17.9 Å². The lowest BCUT2D eigenvalue weighted by atomic mass is 9.93. The Hall–Kier alpha value is -3.98. The number of hydrogen-bond donors (Lipinski definition) is 2. The molecule has 4 rings (SSSR count). The fraction of sp³-hybridized carbons (Fsp3) is 0.258. The summed E-state index contributed by atoms with van der Waals surface area (Å²) < 4.78 is 72.3. The third-order valence-corrected chi connectivity index (χ3v) is 6.64. The van der Waals surface area contributed by atoms with E-state index in [1.54, 1.807) is 6.92 Å². The predicted molar refractivity (Wildman–Crippen MR) is 141 cm³/mol. The lowest BCUT2D eigenvalue weighted by Crippen LogP contribution is -2.41. The van der Waals surface area contributed by atoms with E-state index in [9.17, 15) is 31.9 Å². The van der Waals surface area contributed by atoms with Crippen molar-refractivity contribution in [2.45, 2.75) is 51.4 Å². The predicted octanol–water partition coefficient (Wildman–Crippen LogP) is 7.75. The Labute approximate surface area is 228 Å². The van der Waals surface area contributed by atoms with E-state index in [1.807, 2.05) is 13.8 Å². The minimum atomic E-state index is -4.51. The van der Waals surface area contributed by atoms with Crippen LogP contribution in [0.15, 0.2) is 77.2 Å². The molecule has 210 valence electrons. The fourth-order valence-corrected chi connectivity index (χ4v) is 4.62. The van der Waals surface area contributed by atoms with E-state index < -0.39 is 41.4 Å². The SMILES string of the molecule is Cc1oc(C(C)C)c(C(=O)NC(Cc2ccc(C(F)(F)F)cc2)C(O)c2ccc(F)cc2)c1-c1ccc(F)cc1. The zero-order valence-electron chi connectivity index (χ0n) is 22.0. The van der Waals surface area contributed by atoms with Crippen LogP contribution in [-0.2, 0) is 12.6 Å². The van der Waals surface area contributed by atoms with Crippen LogP contribution in [0.25, 0.3) is 11.1 Å². The summed E-state index contributed by atoms with van der Waals surface area (Å²) in [5.74, 6) is -0.919. The highest BCUT2D eigenvalue weighted by molar-refractivity contribution is 6.03. The molecule has 0 aliphatic carbocycles. The number of furan rings is 1. The number of aliphatic hydroxyl groups is 1. The number of nitrogens with one attached hydrogen (secondary N) is 1. The molecule has 0 fully saturated rings. The molecule has 1 heterocycles. The molecule has 2 unspecified atom stereocenters. The molecule has 0 saturated heterocycles. The largest absolute Gasteiger partial charge is 0.465 e. The molecule has 0 saturated carbocycles. The van der Waals surface area contributed by atoms with Crippen LogP contribution in [0.2, 0.25) is 0 Å². The van der Waals surface area contributed by atoms with E-state index in [2.05, 4.69) is 5.32 Å². The number of alkyl halides is 3. The molecule has 4 nitrogen and oxygen atoms in total. The Morgan fingerprint density at radius 3 is 1.98 bits per heavy atom. The first kappa shape index (κ1) is 29.0. The quantitative estimate of drug-likeness (QED) is 0.218. The number of halogens is 5. The normalized spacial score (nSPS) is 13.3. The van der Waals surface area contributed by atoms with Crippen molar-refractivity contribution in [2.24, 2.45) is 0 Å². The number of carbonyl (C=O) groups is 1. The maximum absolute atomic E-state index is 13.9. The monoisotopic (exact) mass is 557 g/mol. The molecule has 4 aromatic rings. The van der Waals surface area contributed by atoms with Gasteiger partial charge in [0.25, 0.3) is 5.91 Å². The molecule has 0 aliphatic heterocycles. The van der Waals surface area contributed by atoms with Gasteiger partial charge < -0.3 is 14.8 Å². The van der Waals surface area contributed by atoms with E-state index in [0.29, 0.717) is 33.8 Å². The number of hydrogen-bond acceptors (Lipinski definition) is 3. The molecule has 9 heteroatoms. The zero-order valence-corrected chi connectivity index (χ0v) is 22.0. The first-order valence-corrected chi connectivity index (χ1v) is 12.6. The summed E-state index contributed by atoms with van der Waals surface area (Å²) in [5.41, 5.74) is 1.15. The van der Waals surface area contributed by atoms with Crippen LogP contribution in [-0.4, -0.2) is 17.1 Å². The third kappa shape index (κ3) is 6.42. The average Bonchev–Trinajstić information content (AvgIpc) is 3.26. The maximum Gasteiger partial charge on any atom is 0.416 e. The second kappa shape index (κ2) is 11.6. The van der Waals surface area contributed by atoms with Gasteiger partial charge in [0, 0.05) is 11.5 Å². The van der Waals surface area contributed by atoms with Crippen LogP contribution in [0.1, 0.15) is 64.4 Å². The number of aliphatic hydroxyl groups excluding tert-OH is 1. The second-order valence-electron chi connectivity index (χ2n) is 9.91. The minimum Gasteiger partial charge on any atom is -0.465 e. The molecule has 1 amide bonds. The minimum absolute atomic E-state index is 0.0256. The fourth-order valence-electron chi connectivity index (χ4n) is 4.62. The molecule has 0 spiro atoms. The second-order valence-corrected chi connectivity index (χ2v) is 9.91. The lowest BCUT2D eigenvalue weighted by molar-refractivity contribution is -0.137. The molecule has 0 radical (unpaired) electrons. The Morgan fingerprint density at radius 1 is 0.900 bits per heavy atom. The molecule has 3 aromatic carbocycles. The summed E-state index contributed by atoms with van der Waals surface area (Å²) in [6.45, 7) is 5.38. The van der Waals surface area contributed by atoms with Crippen LogP contribution in [0.4, 0.5) is 22.0 Å². The van der Waals surface area contributed by atoms with Gasteiger partial charge >= 0.3 is 6.18 Å². The summed E-state index contributed by atoms with van der Waals surface area (Å²) in [6.07, 6.45) is -5.86. The standard InChI is InChI=1S/C31H28F5NO3/c1-17(2)29-27(26(18(3)40-29)20-6-12-23(32)13-7-20)30(39)37-25(28(38)21-8-14-24(33)15-9-21)16-19-4-10-22(11-5-19)31(34,35)36/h4-15,17,25,28,38H,16H2,1-3H3,(H,37,39). The van der Waals surface area contributed by atoms with Gasteiger partial charge in [-0.15, -0.1) is 0 Å². The van der Waals surface area contributed by atoms with Crippen molar-refractivity contribution in [1.29, 1.82) is 0 Å². The molecule has 0 aliphatic rings. The van der Waals surface area contributed by atoms with Gasteiger partial charge in [0.15, 0.2) is 0 Å². The van der Waals surface area contributed by atoms with Crippen molar-refractivity contribution < 1.29 is 36.3 Å². The van der Waals surface area contributed by atoms with Gasteiger partial charge in [0.2, 0.25) is 0 Å². The van der Waals surface area contributed by atoms with E-state index in [0.717, 1.165) is 12.1 Å². The topological polar surface area (TPSA) is 62.5 Å². The number of benzene rings is 3. The van der Waals surface area contributed by atoms with Crippen LogP contribution in [0.3, 0.4) is 0 Å². The van der Waals surface area contributed by atoms with Crippen molar-refractivity contribution in [3.05, 3.63) is 118 Å². The number of rotatable bonds is 8. The van der Waals surface area contributed by atoms with Gasteiger partial charge in [-0.05, 0) is 66.4 Å². The van der Waals surface area contributed by atoms with Crippen LogP contribution in [0.5, 0.6) is 0 Å². The number of aryl methyl sites for hydroxylation is 1. The summed E-state index contributed by atoms with van der Waals surface area (Å²) in [4.78, 5) is 13.9. The molecule has 2 N–H and O–H groups in total. The van der Waals surface area contributed by atoms with Crippen molar-refractivity contribution >= 4 is 5.91 Å². The van der Waals surface area contributed by atoms with Crippen molar-refractivity contribution in [1.82, 2.24) is 5.32 Å². The van der Waals surface area contributed by atoms with E-state index >= 15 is 0 Å². The van der Waals surface area contributed by atoms with E-state index in [1.165, 1.54) is 60.7 Å². The summed E-state index contributed by atoms with van der Waals surface area (Å²) in [5, 5.41) is 14.1. The molecule has 2 atom stereocenters. The Morgan fingerprint density at radius 2 is 1.45 bits per heavy atom. The summed E-state index contributed by atoms with van der Waals surface area (Å²) in [7, 11) is 0. The lowest BCUT2D eigenvalue weighted by Gasteiger charge is -2.25. The van der Waals surface area contributed by atoms with E-state index in [4.69, 9.17) is 4.42 Å². The van der Waals surface area contributed by atoms with Crippen LogP contribution < -0.4 is 5.32 Å². The summed E-state index contributed by atoms with van der Waals surface area (Å²) >= 11 is 0. The molecule has 40 heavy (non-hydrogen) atoms. The zero-order chi connectivity index (χ0) is 29.2. The first-order chi connectivity index (χ1) is 18.8. The van der Waals surface area contributed by atoms with Crippen molar-refractivity contribution in [2.75, 3.05) is 0 Å². The first-order valence-electron chi connectivity index (χ1n) is 12.6. The van der Waals surface area contributed by atoms with Gasteiger partial charge in [-0.1, -0.05) is 50.2 Å². The molecular weight excluding hydrogens is 529 g/mol. The highest BCUT2D eigenvalue weighted by atomic mass is 19.4. The van der Waals surface area contributed by atoms with Gasteiger partial charge in [-0.25, -0.2) is 8.78 Å². The molecule has 0 bridgehead atoms. The Balaban J connectivity index is 1.73. The number of carbonyl (C=O) groups excluding carboxylic acids is 1. The highest BCUT2D eigenvalue weighted by Crippen LogP contribution is 2.36. The Bertz CT molecular complexity index is 1460. The highest BCUT2D eigenvalue weighted by Gasteiger charge is 2.32. The number of amides is 1. The van der Waals surface area contributed by atoms with Gasteiger partial charge in [0.05, 0.1) is 23.3 Å². The van der Waals surface area contributed by atoms with Crippen LogP contribution >= 0.6 is 0 Å². The van der Waals surface area contributed by atoms with Crippen LogP contribution in [0, 0.1) is 18.6 Å². The van der Waals surface area contributed by atoms with Crippen molar-refractivity contribution in [3.63, 3.8) is 0 Å². The maximum atomic E-state index is 13.9.